The fraction of sp³-hybridized carbons (Fsp3) is 0.200. The molecule has 18 heavy (non-hydrogen) atoms. The lowest BCUT2D eigenvalue weighted by Crippen LogP contribution is -2.01. The first-order valence-electron chi connectivity index (χ1n) is 5.81. The lowest BCUT2D eigenvalue weighted by molar-refractivity contribution is 0.628. The lowest BCUT2D eigenvalue weighted by atomic mass is 10.1. The van der Waals surface area contributed by atoms with E-state index in [2.05, 4.69) is 37.4 Å². The second-order valence-electron chi connectivity index (χ2n) is 4.47. The first-order chi connectivity index (χ1) is 8.54. The number of hydrogen-bond donors (Lipinski definition) is 1. The van der Waals surface area contributed by atoms with Gasteiger partial charge in [0.2, 0.25) is 0 Å². The summed E-state index contributed by atoms with van der Waals surface area (Å²) in [4.78, 5) is 0. The van der Waals surface area contributed by atoms with Crippen LogP contribution in [0.1, 0.15) is 16.7 Å². The lowest BCUT2D eigenvalue weighted by Gasteiger charge is -2.10. The predicted molar refractivity (Wildman–Crippen MR) is 74.7 cm³/mol. The number of halogens is 2. The summed E-state index contributed by atoms with van der Waals surface area (Å²) >= 11 is 5.96. The van der Waals surface area contributed by atoms with Crippen molar-refractivity contribution in [2.75, 3.05) is 5.32 Å². The Morgan fingerprint density at radius 1 is 1.06 bits per heavy atom. The number of hydrogen-bond acceptors (Lipinski definition) is 1. The van der Waals surface area contributed by atoms with Crippen molar-refractivity contribution in [3.05, 3.63) is 63.9 Å². The zero-order valence-corrected chi connectivity index (χ0v) is 11.2. The number of benzene rings is 2. The molecule has 94 valence electrons. The van der Waals surface area contributed by atoms with Crippen LogP contribution in [0.4, 0.5) is 10.1 Å². The number of nitrogens with one attached hydrogen (secondary N) is 1. The molecule has 0 aromatic heterocycles. The Hall–Kier alpha value is -1.54. The zero-order chi connectivity index (χ0) is 13.1. The smallest absolute Gasteiger partial charge is 0.124 e. The normalized spacial score (nSPS) is 10.4. The van der Waals surface area contributed by atoms with E-state index in [1.807, 2.05) is 0 Å². The third kappa shape index (κ3) is 3.23. The molecule has 0 aliphatic rings. The highest BCUT2D eigenvalue weighted by Crippen LogP contribution is 2.23. The van der Waals surface area contributed by atoms with Crippen LogP contribution in [0, 0.1) is 19.7 Å². The van der Waals surface area contributed by atoms with Gasteiger partial charge in [0.05, 0.1) is 10.7 Å². The highest BCUT2D eigenvalue weighted by molar-refractivity contribution is 6.33. The minimum absolute atomic E-state index is 0.322. The van der Waals surface area contributed by atoms with Crippen LogP contribution >= 0.6 is 11.6 Å². The molecule has 0 atom stereocenters. The van der Waals surface area contributed by atoms with Gasteiger partial charge in [0.25, 0.3) is 0 Å². The molecule has 0 heterocycles. The van der Waals surface area contributed by atoms with E-state index >= 15 is 0 Å². The molecular weight excluding hydrogens is 249 g/mol. The molecule has 0 saturated heterocycles. The van der Waals surface area contributed by atoms with Gasteiger partial charge < -0.3 is 5.32 Å². The van der Waals surface area contributed by atoms with E-state index in [0.717, 1.165) is 5.69 Å². The molecule has 2 rings (SSSR count). The van der Waals surface area contributed by atoms with Crippen molar-refractivity contribution in [1.82, 2.24) is 0 Å². The van der Waals surface area contributed by atoms with E-state index in [1.54, 1.807) is 6.07 Å². The molecule has 0 amide bonds. The molecule has 0 unspecified atom stereocenters. The summed E-state index contributed by atoms with van der Waals surface area (Å²) in [6, 6.07) is 10.7. The summed E-state index contributed by atoms with van der Waals surface area (Å²) in [7, 11) is 0. The SMILES string of the molecule is Cc1cc(C)cc(CNc2ccc(F)cc2Cl)c1. The highest BCUT2D eigenvalue weighted by atomic mass is 35.5. The minimum Gasteiger partial charge on any atom is -0.380 e. The number of aryl methyl sites for hydroxylation is 2. The van der Waals surface area contributed by atoms with Gasteiger partial charge in [-0.15, -0.1) is 0 Å². The van der Waals surface area contributed by atoms with E-state index in [-0.39, 0.29) is 5.82 Å². The number of rotatable bonds is 3. The van der Waals surface area contributed by atoms with Gasteiger partial charge >= 0.3 is 0 Å². The van der Waals surface area contributed by atoms with Gasteiger partial charge in [0.15, 0.2) is 0 Å². The second-order valence-corrected chi connectivity index (χ2v) is 4.88. The molecule has 3 heteroatoms. The summed E-state index contributed by atoms with van der Waals surface area (Å²) in [5.74, 6) is -0.322. The van der Waals surface area contributed by atoms with Crippen LogP contribution in [-0.4, -0.2) is 0 Å². The monoisotopic (exact) mass is 263 g/mol. The van der Waals surface area contributed by atoms with Gasteiger partial charge in [0.1, 0.15) is 5.82 Å². The second kappa shape index (κ2) is 5.40. The standard InChI is InChI=1S/C15H15ClFN/c1-10-5-11(2)7-12(6-10)9-18-15-4-3-13(17)8-14(15)16/h3-8,18H,9H2,1-2H3. The molecule has 0 saturated carbocycles. The third-order valence-corrected chi connectivity index (χ3v) is 3.01. The van der Waals surface area contributed by atoms with E-state index in [4.69, 9.17) is 11.6 Å². The van der Waals surface area contributed by atoms with Crippen LogP contribution in [0.5, 0.6) is 0 Å². The number of anilines is 1. The average Bonchev–Trinajstić information content (AvgIpc) is 2.26. The van der Waals surface area contributed by atoms with Crippen LogP contribution < -0.4 is 5.32 Å². The molecule has 2 aromatic rings. The maximum atomic E-state index is 12.9. The quantitative estimate of drug-likeness (QED) is 0.846. The Balaban J connectivity index is 2.11. The summed E-state index contributed by atoms with van der Waals surface area (Å²) in [6.45, 7) is 4.82. The Morgan fingerprint density at radius 2 is 1.72 bits per heavy atom. The summed E-state index contributed by atoms with van der Waals surface area (Å²) < 4.78 is 12.9. The van der Waals surface area contributed by atoms with Crippen molar-refractivity contribution in [3.8, 4) is 0 Å². The van der Waals surface area contributed by atoms with Gasteiger partial charge in [-0.25, -0.2) is 4.39 Å². The van der Waals surface area contributed by atoms with E-state index in [9.17, 15) is 4.39 Å². The Kier molecular flexibility index (Phi) is 3.87. The van der Waals surface area contributed by atoms with Crippen LogP contribution in [0.25, 0.3) is 0 Å². The topological polar surface area (TPSA) is 12.0 Å². The summed E-state index contributed by atoms with van der Waals surface area (Å²) in [5.41, 5.74) is 4.40. The van der Waals surface area contributed by atoms with Crippen LogP contribution in [-0.2, 0) is 6.54 Å². The Morgan fingerprint density at radius 3 is 2.33 bits per heavy atom. The van der Waals surface area contributed by atoms with Crippen LogP contribution in [0.3, 0.4) is 0 Å². The molecule has 1 N–H and O–H groups in total. The maximum absolute atomic E-state index is 12.9. The predicted octanol–water partition coefficient (Wildman–Crippen LogP) is 4.71. The molecule has 0 radical (unpaired) electrons. The molecule has 0 aliphatic heterocycles. The average molecular weight is 264 g/mol. The summed E-state index contributed by atoms with van der Waals surface area (Å²) in [6.07, 6.45) is 0. The molecular formula is C15H15ClFN. The molecule has 0 spiro atoms. The highest BCUT2D eigenvalue weighted by Gasteiger charge is 2.02. The first-order valence-corrected chi connectivity index (χ1v) is 6.18. The van der Waals surface area contributed by atoms with Crippen molar-refractivity contribution >= 4 is 17.3 Å². The molecule has 0 bridgehead atoms. The third-order valence-electron chi connectivity index (χ3n) is 2.70. The Labute approximate surface area is 112 Å². The Bertz CT molecular complexity index is 546. The fourth-order valence-corrected chi connectivity index (χ4v) is 2.24. The minimum atomic E-state index is -0.322. The van der Waals surface area contributed by atoms with Gasteiger partial charge in [-0.3, -0.25) is 0 Å². The largest absolute Gasteiger partial charge is 0.380 e. The van der Waals surface area contributed by atoms with Gasteiger partial charge in [0, 0.05) is 6.54 Å². The first kappa shape index (κ1) is 12.9. The molecule has 2 aromatic carbocycles. The van der Waals surface area contributed by atoms with Crippen molar-refractivity contribution in [2.45, 2.75) is 20.4 Å². The van der Waals surface area contributed by atoms with E-state index in [1.165, 1.54) is 28.8 Å². The van der Waals surface area contributed by atoms with Crippen molar-refractivity contribution in [2.24, 2.45) is 0 Å². The van der Waals surface area contributed by atoms with Crippen molar-refractivity contribution in [3.63, 3.8) is 0 Å². The van der Waals surface area contributed by atoms with Gasteiger partial charge in [-0.05, 0) is 37.6 Å². The fourth-order valence-electron chi connectivity index (χ4n) is 2.00. The molecule has 1 nitrogen and oxygen atoms in total. The van der Waals surface area contributed by atoms with Gasteiger partial charge in [-0.2, -0.15) is 0 Å². The molecule has 0 fully saturated rings. The van der Waals surface area contributed by atoms with E-state index < -0.39 is 0 Å². The van der Waals surface area contributed by atoms with Crippen LogP contribution in [0.2, 0.25) is 5.02 Å². The summed E-state index contributed by atoms with van der Waals surface area (Å²) in [5, 5.41) is 3.61. The zero-order valence-electron chi connectivity index (χ0n) is 10.4. The van der Waals surface area contributed by atoms with Crippen molar-refractivity contribution < 1.29 is 4.39 Å². The maximum Gasteiger partial charge on any atom is 0.124 e. The van der Waals surface area contributed by atoms with Crippen molar-refractivity contribution in [1.29, 1.82) is 0 Å². The van der Waals surface area contributed by atoms with Crippen LogP contribution in [0.15, 0.2) is 36.4 Å². The van der Waals surface area contributed by atoms with Gasteiger partial charge in [-0.1, -0.05) is 40.9 Å². The van der Waals surface area contributed by atoms with E-state index in [0.29, 0.717) is 11.6 Å². The molecule has 0 aliphatic carbocycles.